The number of carbonyl (C=O) groups is 2. The maximum Gasteiger partial charge on any atom is 1.00 e. The summed E-state index contributed by atoms with van der Waals surface area (Å²) in [6, 6.07) is 6.01. The molecule has 0 bridgehead atoms. The van der Waals surface area contributed by atoms with Gasteiger partial charge in [-0.3, -0.25) is 9.59 Å². The van der Waals surface area contributed by atoms with Gasteiger partial charge >= 0.3 is 59.1 Å². The van der Waals surface area contributed by atoms with E-state index in [1.807, 2.05) is 0 Å². The monoisotopic (exact) mass is 464 g/mol. The molecule has 4 rings (SSSR count). The number of ketones is 2. The molecular formula is C16H6N2Na2O8S2. The molecule has 0 N–H and O–H groups in total. The minimum absolute atomic E-state index is 0. The first-order valence-corrected chi connectivity index (χ1v) is 10.3. The van der Waals surface area contributed by atoms with Crippen molar-refractivity contribution >= 4 is 54.6 Å². The van der Waals surface area contributed by atoms with Crippen LogP contribution in [0.25, 0.3) is 0 Å². The summed E-state index contributed by atoms with van der Waals surface area (Å²) in [4.78, 5) is 31.9. The molecule has 0 aliphatic carbocycles. The van der Waals surface area contributed by atoms with Gasteiger partial charge in [-0.1, -0.05) is 0 Å². The quantitative estimate of drug-likeness (QED) is 0.320. The third kappa shape index (κ3) is 4.30. The maximum atomic E-state index is 12.6. The Kier molecular flexibility index (Phi) is 7.11. The fourth-order valence-corrected chi connectivity index (χ4v) is 3.81. The summed E-state index contributed by atoms with van der Waals surface area (Å²) in [6.45, 7) is 0. The summed E-state index contributed by atoms with van der Waals surface area (Å²) in [5, 5.41) is 0. The van der Waals surface area contributed by atoms with Crippen molar-refractivity contribution < 1.29 is 94.6 Å². The number of hydrogen-bond acceptors (Lipinski definition) is 10. The molecule has 142 valence electrons. The van der Waals surface area contributed by atoms with Crippen LogP contribution in [0.1, 0.15) is 20.7 Å². The molecule has 30 heavy (non-hydrogen) atoms. The molecule has 2 aromatic rings. The van der Waals surface area contributed by atoms with E-state index in [2.05, 4.69) is 9.98 Å². The van der Waals surface area contributed by atoms with Gasteiger partial charge in [0.05, 0.1) is 32.3 Å². The molecule has 2 aliphatic heterocycles. The van der Waals surface area contributed by atoms with Crippen LogP contribution < -0.4 is 59.1 Å². The predicted molar refractivity (Wildman–Crippen MR) is 91.7 cm³/mol. The van der Waals surface area contributed by atoms with E-state index in [0.29, 0.717) is 0 Å². The first kappa shape index (κ1) is 25.2. The second kappa shape index (κ2) is 8.47. The standard InChI is InChI=1S/C16H8N2O8S2.2Na/c19-15-9-5-7(27(21,22)23)1-3-11(9)17-13(15)14-16(20)10-6-8(28(24,25)26)2-4-12(10)18-14;;/h1-6H,(H,21,22,23)(H,24,25,26);;/q;2*+1/p-2. The van der Waals surface area contributed by atoms with Crippen LogP contribution >= 0.6 is 0 Å². The SMILES string of the molecule is O=C1C(C2=Nc3ccc(S(=O)(=O)[O-])cc3C2=O)=Nc2ccc(S(=O)(=O)[O-])cc21.[Na+].[Na+]. The Hall–Kier alpha value is -1.06. The fraction of sp³-hybridized carbons (Fsp3) is 0. The first-order valence-electron chi connectivity index (χ1n) is 7.44. The topological polar surface area (TPSA) is 173 Å². The molecule has 0 aromatic heterocycles. The first-order chi connectivity index (χ1) is 13.0. The summed E-state index contributed by atoms with van der Waals surface area (Å²) in [5.41, 5.74) is -0.989. The van der Waals surface area contributed by atoms with E-state index in [9.17, 15) is 35.5 Å². The average Bonchev–Trinajstić information content (AvgIpc) is 3.10. The van der Waals surface area contributed by atoms with Gasteiger partial charge < -0.3 is 9.11 Å². The summed E-state index contributed by atoms with van der Waals surface area (Å²) < 4.78 is 66.8. The third-order valence-electron chi connectivity index (χ3n) is 4.12. The Morgan fingerprint density at radius 3 is 1.27 bits per heavy atom. The number of Topliss-reactive ketones (excluding diaryl/α,β-unsaturated/α-hetero) is 2. The Bertz CT molecular complexity index is 1290. The Morgan fingerprint density at radius 2 is 0.967 bits per heavy atom. The largest absolute Gasteiger partial charge is 1.00 e. The molecule has 14 heteroatoms. The number of hydrogen-bond donors (Lipinski definition) is 0. The van der Waals surface area contributed by atoms with Gasteiger partial charge in [-0.25, -0.2) is 26.8 Å². The third-order valence-corrected chi connectivity index (χ3v) is 5.78. The molecule has 10 nitrogen and oxygen atoms in total. The Morgan fingerprint density at radius 1 is 0.633 bits per heavy atom. The molecule has 0 spiro atoms. The van der Waals surface area contributed by atoms with Crippen LogP contribution in [-0.4, -0.2) is 48.9 Å². The van der Waals surface area contributed by atoms with E-state index in [1.165, 1.54) is 0 Å². The van der Waals surface area contributed by atoms with Gasteiger partial charge in [-0.15, -0.1) is 0 Å². The van der Waals surface area contributed by atoms with Gasteiger partial charge in [0.15, 0.2) is 0 Å². The van der Waals surface area contributed by atoms with Crippen molar-refractivity contribution in [2.75, 3.05) is 0 Å². The summed E-state index contributed by atoms with van der Waals surface area (Å²) in [6.07, 6.45) is 0. The summed E-state index contributed by atoms with van der Waals surface area (Å²) in [5.74, 6) is -1.62. The number of benzene rings is 2. The van der Waals surface area contributed by atoms with Crippen molar-refractivity contribution in [1.82, 2.24) is 0 Å². The zero-order valence-corrected chi connectivity index (χ0v) is 21.1. The number of nitrogens with zero attached hydrogens (tertiary/aromatic N) is 2. The van der Waals surface area contributed by atoms with Crippen LogP contribution in [0.2, 0.25) is 0 Å². The van der Waals surface area contributed by atoms with E-state index in [4.69, 9.17) is 0 Å². The van der Waals surface area contributed by atoms with Gasteiger partial charge in [0.25, 0.3) is 0 Å². The van der Waals surface area contributed by atoms with Crippen LogP contribution in [0.4, 0.5) is 11.4 Å². The molecule has 0 atom stereocenters. The van der Waals surface area contributed by atoms with E-state index in [1.54, 1.807) is 0 Å². The number of aliphatic imine (C=N–C) groups is 2. The van der Waals surface area contributed by atoms with Crippen molar-refractivity contribution in [3.8, 4) is 0 Å². The number of fused-ring (bicyclic) bond motifs is 2. The molecule has 2 aliphatic rings. The van der Waals surface area contributed by atoms with Crippen molar-refractivity contribution in [3.05, 3.63) is 47.5 Å². The van der Waals surface area contributed by atoms with Crippen LogP contribution in [0.15, 0.2) is 56.2 Å². The Labute approximate surface area is 214 Å². The molecule has 0 saturated carbocycles. The van der Waals surface area contributed by atoms with E-state index < -0.39 is 41.6 Å². The van der Waals surface area contributed by atoms with Gasteiger partial charge in [0.1, 0.15) is 31.7 Å². The van der Waals surface area contributed by atoms with Crippen LogP contribution in [0.5, 0.6) is 0 Å². The summed E-state index contributed by atoms with van der Waals surface area (Å²) >= 11 is 0. The molecule has 2 heterocycles. The summed E-state index contributed by atoms with van der Waals surface area (Å²) in [7, 11) is -9.59. The van der Waals surface area contributed by atoms with Gasteiger partial charge in [0.2, 0.25) is 11.6 Å². The molecule has 0 unspecified atom stereocenters. The average molecular weight is 464 g/mol. The van der Waals surface area contributed by atoms with Gasteiger partial charge in [-0.05, 0) is 36.4 Å². The molecule has 0 fully saturated rings. The molecule has 0 radical (unpaired) electrons. The molecule has 0 saturated heterocycles. The maximum absolute atomic E-state index is 12.6. The van der Waals surface area contributed by atoms with Crippen LogP contribution in [-0.2, 0) is 20.2 Å². The fourth-order valence-electron chi connectivity index (χ4n) is 2.82. The molecular weight excluding hydrogens is 458 g/mol. The minimum atomic E-state index is -4.79. The zero-order valence-electron chi connectivity index (χ0n) is 15.4. The molecule has 0 amide bonds. The zero-order chi connectivity index (χ0) is 20.4. The van der Waals surface area contributed by atoms with Crippen molar-refractivity contribution in [1.29, 1.82) is 0 Å². The smallest absolute Gasteiger partial charge is 0.744 e. The normalized spacial score (nSPS) is 14.9. The van der Waals surface area contributed by atoms with Crippen molar-refractivity contribution in [2.24, 2.45) is 9.98 Å². The number of carbonyl (C=O) groups excluding carboxylic acids is 2. The van der Waals surface area contributed by atoms with Gasteiger partial charge in [0, 0.05) is 0 Å². The van der Waals surface area contributed by atoms with Crippen molar-refractivity contribution in [2.45, 2.75) is 9.79 Å². The molecule has 2 aromatic carbocycles. The second-order valence-corrected chi connectivity index (χ2v) is 8.60. The number of rotatable bonds is 3. The van der Waals surface area contributed by atoms with E-state index in [0.717, 1.165) is 36.4 Å². The predicted octanol–water partition coefficient (Wildman–Crippen LogP) is -5.26. The van der Waals surface area contributed by atoms with E-state index >= 15 is 0 Å². The Balaban J connectivity index is 0.00000160. The van der Waals surface area contributed by atoms with Crippen molar-refractivity contribution in [3.63, 3.8) is 0 Å². The minimum Gasteiger partial charge on any atom is -0.744 e. The second-order valence-electron chi connectivity index (χ2n) is 5.85. The van der Waals surface area contributed by atoms with E-state index in [-0.39, 0.29) is 93.0 Å². The van der Waals surface area contributed by atoms with Crippen LogP contribution in [0.3, 0.4) is 0 Å². The van der Waals surface area contributed by atoms with Gasteiger partial charge in [-0.2, -0.15) is 0 Å². The van der Waals surface area contributed by atoms with Crippen LogP contribution in [0, 0.1) is 0 Å².